The van der Waals surface area contributed by atoms with Crippen LogP contribution in [0.5, 0.6) is 5.75 Å². The molecule has 2 N–H and O–H groups in total. The fourth-order valence-electron chi connectivity index (χ4n) is 2.24. The van der Waals surface area contributed by atoms with Crippen molar-refractivity contribution in [3.8, 4) is 5.75 Å². The molecular weight excluding hydrogens is 376 g/mol. The molecule has 0 fully saturated rings. The molecule has 0 aliphatic heterocycles. The number of carbonyl (C=O) groups is 1. The lowest BCUT2D eigenvalue weighted by atomic mass is 10.1. The van der Waals surface area contributed by atoms with Gasteiger partial charge in [-0.3, -0.25) is 4.79 Å². The molecule has 6 nitrogen and oxygen atoms in total. The van der Waals surface area contributed by atoms with E-state index in [4.69, 9.17) is 16.3 Å². The molecule has 0 unspecified atom stereocenters. The molecule has 0 atom stereocenters. The monoisotopic (exact) mass is 396 g/mol. The predicted molar refractivity (Wildman–Crippen MR) is 102 cm³/mol. The summed E-state index contributed by atoms with van der Waals surface area (Å²) in [4.78, 5) is 12.5. The number of amides is 1. The van der Waals surface area contributed by atoms with Crippen LogP contribution in [0, 0.1) is 0 Å². The molecule has 0 bridgehead atoms. The van der Waals surface area contributed by atoms with Crippen LogP contribution in [0.2, 0.25) is 5.02 Å². The maximum atomic E-state index is 12.5. The minimum absolute atomic E-state index is 0.0228. The molecular formula is C18H21ClN2O4S. The Bertz CT molecular complexity index is 921. The van der Waals surface area contributed by atoms with E-state index in [9.17, 15) is 13.2 Å². The summed E-state index contributed by atoms with van der Waals surface area (Å²) in [7, 11) is -2.31. The first kappa shape index (κ1) is 20.2. The number of sulfonamides is 1. The van der Waals surface area contributed by atoms with E-state index in [0.717, 1.165) is 0 Å². The van der Waals surface area contributed by atoms with E-state index in [1.54, 1.807) is 39.0 Å². The molecule has 8 heteroatoms. The van der Waals surface area contributed by atoms with Gasteiger partial charge in [0.1, 0.15) is 5.75 Å². The highest BCUT2D eigenvalue weighted by Crippen LogP contribution is 2.28. The average molecular weight is 397 g/mol. The van der Waals surface area contributed by atoms with Gasteiger partial charge in [-0.05, 0) is 57.2 Å². The number of carbonyl (C=O) groups excluding carboxylic acids is 1. The zero-order chi connectivity index (χ0) is 19.5. The smallest absolute Gasteiger partial charge is 0.255 e. The first-order valence-corrected chi connectivity index (χ1v) is 9.67. The lowest BCUT2D eigenvalue weighted by molar-refractivity contribution is 0.102. The molecule has 0 aliphatic carbocycles. The summed E-state index contributed by atoms with van der Waals surface area (Å²) in [5.74, 6) is -0.0841. The number of halogens is 1. The van der Waals surface area contributed by atoms with Crippen molar-refractivity contribution in [1.82, 2.24) is 4.72 Å². The van der Waals surface area contributed by atoms with Gasteiger partial charge in [-0.25, -0.2) is 13.1 Å². The molecule has 0 aromatic heterocycles. The zero-order valence-corrected chi connectivity index (χ0v) is 16.5. The van der Waals surface area contributed by atoms with Crippen molar-refractivity contribution in [2.75, 3.05) is 12.4 Å². The number of anilines is 1. The van der Waals surface area contributed by atoms with E-state index in [-0.39, 0.29) is 10.6 Å². The minimum atomic E-state index is -3.75. The van der Waals surface area contributed by atoms with Gasteiger partial charge >= 0.3 is 0 Å². The van der Waals surface area contributed by atoms with Gasteiger partial charge in [-0.15, -0.1) is 0 Å². The molecule has 0 saturated carbocycles. The highest BCUT2D eigenvalue weighted by atomic mass is 35.5. The molecule has 0 saturated heterocycles. The van der Waals surface area contributed by atoms with Crippen LogP contribution in [0.4, 0.5) is 5.69 Å². The van der Waals surface area contributed by atoms with Gasteiger partial charge < -0.3 is 10.1 Å². The number of rotatable bonds is 5. The van der Waals surface area contributed by atoms with Crippen molar-refractivity contribution in [2.45, 2.75) is 31.2 Å². The Morgan fingerprint density at radius 2 is 1.81 bits per heavy atom. The number of hydrogen-bond donors (Lipinski definition) is 2. The highest BCUT2D eigenvalue weighted by Gasteiger charge is 2.23. The van der Waals surface area contributed by atoms with E-state index in [1.807, 2.05) is 0 Å². The van der Waals surface area contributed by atoms with Crippen LogP contribution in [-0.4, -0.2) is 27.0 Å². The maximum Gasteiger partial charge on any atom is 0.255 e. The van der Waals surface area contributed by atoms with Crippen LogP contribution >= 0.6 is 11.6 Å². The molecule has 0 heterocycles. The summed E-state index contributed by atoms with van der Waals surface area (Å²) >= 11 is 5.90. The van der Waals surface area contributed by atoms with E-state index >= 15 is 0 Å². The zero-order valence-electron chi connectivity index (χ0n) is 15.0. The standard InChI is InChI=1S/C18H21ClN2O4S/c1-18(2,3)21-26(23,24)14-8-9-16(25-4)15(11-14)20-17(22)12-6-5-7-13(19)10-12/h5-11,21H,1-4H3,(H,20,22). The van der Waals surface area contributed by atoms with E-state index < -0.39 is 21.5 Å². The Morgan fingerprint density at radius 3 is 2.38 bits per heavy atom. The maximum absolute atomic E-state index is 12.5. The predicted octanol–water partition coefficient (Wildman–Crippen LogP) is 3.68. The Balaban J connectivity index is 2.37. The number of nitrogens with one attached hydrogen (secondary N) is 2. The average Bonchev–Trinajstić information content (AvgIpc) is 2.52. The van der Waals surface area contributed by atoms with Crippen LogP contribution in [0.15, 0.2) is 47.4 Å². The summed E-state index contributed by atoms with van der Waals surface area (Å²) in [5, 5.41) is 3.09. The van der Waals surface area contributed by atoms with Gasteiger partial charge in [-0.1, -0.05) is 17.7 Å². The first-order valence-electron chi connectivity index (χ1n) is 7.81. The van der Waals surface area contributed by atoms with E-state index in [1.165, 1.54) is 31.4 Å². The minimum Gasteiger partial charge on any atom is -0.495 e. The second-order valence-electron chi connectivity index (χ2n) is 6.68. The molecule has 0 radical (unpaired) electrons. The van der Waals surface area contributed by atoms with Crippen molar-refractivity contribution in [1.29, 1.82) is 0 Å². The van der Waals surface area contributed by atoms with Crippen molar-refractivity contribution < 1.29 is 17.9 Å². The first-order chi connectivity index (χ1) is 12.0. The van der Waals surface area contributed by atoms with Crippen molar-refractivity contribution in [3.05, 3.63) is 53.1 Å². The molecule has 140 valence electrons. The fourth-order valence-corrected chi connectivity index (χ4v) is 3.87. The summed E-state index contributed by atoms with van der Waals surface area (Å²) in [6.07, 6.45) is 0. The van der Waals surface area contributed by atoms with Crippen LogP contribution in [-0.2, 0) is 10.0 Å². The van der Waals surface area contributed by atoms with E-state index in [0.29, 0.717) is 16.3 Å². The number of benzene rings is 2. The molecule has 2 aromatic rings. The van der Waals surface area contributed by atoms with Crippen molar-refractivity contribution in [2.24, 2.45) is 0 Å². The number of methoxy groups -OCH3 is 1. The molecule has 2 rings (SSSR count). The molecule has 0 spiro atoms. The molecule has 26 heavy (non-hydrogen) atoms. The lowest BCUT2D eigenvalue weighted by Crippen LogP contribution is -2.40. The van der Waals surface area contributed by atoms with Crippen LogP contribution < -0.4 is 14.8 Å². The Labute approximate surface area is 158 Å². The van der Waals surface area contributed by atoms with Gasteiger partial charge in [0, 0.05) is 16.1 Å². The summed E-state index contributed by atoms with van der Waals surface area (Å²) in [6, 6.07) is 10.7. The summed E-state index contributed by atoms with van der Waals surface area (Å²) < 4.78 is 32.8. The van der Waals surface area contributed by atoms with Crippen LogP contribution in [0.25, 0.3) is 0 Å². The second kappa shape index (κ2) is 7.65. The molecule has 2 aromatic carbocycles. The second-order valence-corrected chi connectivity index (χ2v) is 8.80. The van der Waals surface area contributed by atoms with Crippen LogP contribution in [0.1, 0.15) is 31.1 Å². The topological polar surface area (TPSA) is 84.5 Å². The van der Waals surface area contributed by atoms with Crippen LogP contribution in [0.3, 0.4) is 0 Å². The fraction of sp³-hybridized carbons (Fsp3) is 0.278. The Kier molecular flexibility index (Phi) is 5.95. The van der Waals surface area contributed by atoms with Gasteiger partial charge in [0.05, 0.1) is 17.7 Å². The van der Waals surface area contributed by atoms with Gasteiger partial charge in [-0.2, -0.15) is 0 Å². The van der Waals surface area contributed by atoms with Crippen molar-refractivity contribution in [3.63, 3.8) is 0 Å². The van der Waals surface area contributed by atoms with E-state index in [2.05, 4.69) is 10.0 Å². The third-order valence-electron chi connectivity index (χ3n) is 3.26. The summed E-state index contributed by atoms with van der Waals surface area (Å²) in [6.45, 7) is 5.24. The largest absolute Gasteiger partial charge is 0.495 e. The number of hydrogen-bond acceptors (Lipinski definition) is 4. The number of ether oxygens (including phenoxy) is 1. The normalized spacial score (nSPS) is 11.9. The Morgan fingerprint density at radius 1 is 1.12 bits per heavy atom. The van der Waals surface area contributed by atoms with Crippen molar-refractivity contribution >= 4 is 33.2 Å². The molecule has 0 aliphatic rings. The highest BCUT2D eigenvalue weighted by molar-refractivity contribution is 7.89. The van der Waals surface area contributed by atoms with Gasteiger partial charge in [0.15, 0.2) is 0 Å². The Hall–Kier alpha value is -2.09. The third kappa shape index (κ3) is 5.20. The van der Waals surface area contributed by atoms with Gasteiger partial charge in [0.2, 0.25) is 10.0 Å². The summed E-state index contributed by atoms with van der Waals surface area (Å²) in [5.41, 5.74) is -0.0435. The molecule has 1 amide bonds. The third-order valence-corrected chi connectivity index (χ3v) is 5.25. The quantitative estimate of drug-likeness (QED) is 0.807. The lowest BCUT2D eigenvalue weighted by Gasteiger charge is -2.21. The SMILES string of the molecule is COc1ccc(S(=O)(=O)NC(C)(C)C)cc1NC(=O)c1cccc(Cl)c1. The van der Waals surface area contributed by atoms with Gasteiger partial charge in [0.25, 0.3) is 5.91 Å².